The normalized spacial score (nSPS) is 10.9. The molecule has 1 heterocycles. The third-order valence-electron chi connectivity index (χ3n) is 3.83. The molecule has 0 spiro atoms. The second-order valence-electron chi connectivity index (χ2n) is 5.49. The first kappa shape index (κ1) is 17.7. The minimum Gasteiger partial charge on any atom is -0.493 e. The Morgan fingerprint density at radius 3 is 2.81 bits per heavy atom. The van der Waals surface area contributed by atoms with E-state index in [0.29, 0.717) is 18.7 Å². The molecule has 0 atom stereocenters. The molecule has 2 aromatic carbocycles. The first-order valence-electron chi connectivity index (χ1n) is 7.91. The van der Waals surface area contributed by atoms with Crippen molar-refractivity contribution in [3.8, 4) is 11.5 Å². The maximum Gasteiger partial charge on any atom is 0.387 e. The maximum atomic E-state index is 12.3. The summed E-state index contributed by atoms with van der Waals surface area (Å²) in [7, 11) is 1.38. The summed E-state index contributed by atoms with van der Waals surface area (Å²) in [6.07, 6.45) is 0.499. The smallest absolute Gasteiger partial charge is 0.387 e. The van der Waals surface area contributed by atoms with E-state index in [0.717, 1.165) is 16.5 Å². The van der Waals surface area contributed by atoms with Crippen LogP contribution in [-0.2, 0) is 6.42 Å². The summed E-state index contributed by atoms with van der Waals surface area (Å²) in [6, 6.07) is 12.0. The van der Waals surface area contributed by atoms with Crippen LogP contribution < -0.4 is 14.8 Å². The number of benzene rings is 2. The summed E-state index contributed by atoms with van der Waals surface area (Å²) < 4.78 is 34.1. The van der Waals surface area contributed by atoms with Gasteiger partial charge in [0.25, 0.3) is 5.91 Å². The van der Waals surface area contributed by atoms with Crippen LogP contribution in [0.4, 0.5) is 8.78 Å². The predicted octanol–water partition coefficient (Wildman–Crippen LogP) is 3.15. The van der Waals surface area contributed by atoms with Gasteiger partial charge in [-0.15, -0.1) is 0 Å². The molecule has 0 unspecified atom stereocenters. The molecule has 2 N–H and O–H groups in total. The van der Waals surface area contributed by atoms with Gasteiger partial charge in [-0.2, -0.15) is 13.9 Å². The van der Waals surface area contributed by atoms with Crippen LogP contribution >= 0.6 is 0 Å². The van der Waals surface area contributed by atoms with Crippen molar-refractivity contribution in [1.82, 2.24) is 15.5 Å². The fourth-order valence-electron chi connectivity index (χ4n) is 2.60. The summed E-state index contributed by atoms with van der Waals surface area (Å²) in [6.45, 7) is -2.56. The maximum absolute atomic E-state index is 12.3. The Balaban J connectivity index is 1.61. The average Bonchev–Trinajstić information content (AvgIpc) is 3.06. The van der Waals surface area contributed by atoms with Crippen LogP contribution in [0.2, 0.25) is 0 Å². The first-order valence-corrected chi connectivity index (χ1v) is 7.91. The summed E-state index contributed by atoms with van der Waals surface area (Å²) in [4.78, 5) is 12.3. The molecule has 0 saturated carbocycles. The number of alkyl halides is 2. The number of aromatic nitrogens is 2. The zero-order chi connectivity index (χ0) is 18.5. The van der Waals surface area contributed by atoms with Crippen molar-refractivity contribution in [2.75, 3.05) is 13.7 Å². The average molecular weight is 361 g/mol. The molecule has 1 aromatic heterocycles. The van der Waals surface area contributed by atoms with Crippen LogP contribution in [0, 0.1) is 0 Å². The highest BCUT2D eigenvalue weighted by Crippen LogP contribution is 2.29. The van der Waals surface area contributed by atoms with Crippen LogP contribution in [0.15, 0.2) is 42.5 Å². The van der Waals surface area contributed by atoms with Gasteiger partial charge in [-0.1, -0.05) is 24.3 Å². The summed E-state index contributed by atoms with van der Waals surface area (Å²) in [5.41, 5.74) is 1.94. The summed E-state index contributed by atoms with van der Waals surface area (Å²) in [5, 5.41) is 10.4. The molecular formula is C18H17F2N3O3. The predicted molar refractivity (Wildman–Crippen MR) is 91.8 cm³/mol. The van der Waals surface area contributed by atoms with Crippen molar-refractivity contribution in [3.63, 3.8) is 0 Å². The number of ether oxygens (including phenoxy) is 2. The van der Waals surface area contributed by atoms with Crippen LogP contribution in [-0.4, -0.2) is 36.4 Å². The number of nitrogens with zero attached hydrogens (tertiary/aromatic N) is 1. The van der Waals surface area contributed by atoms with Gasteiger partial charge >= 0.3 is 6.61 Å². The van der Waals surface area contributed by atoms with Gasteiger partial charge in [-0.3, -0.25) is 9.89 Å². The molecule has 0 aliphatic carbocycles. The first-order chi connectivity index (χ1) is 12.6. The number of carbonyl (C=O) groups excluding carboxylic acids is 1. The largest absolute Gasteiger partial charge is 0.493 e. The number of para-hydroxylation sites is 1. The van der Waals surface area contributed by atoms with Crippen molar-refractivity contribution in [2.45, 2.75) is 13.0 Å². The zero-order valence-corrected chi connectivity index (χ0v) is 14.0. The Hall–Kier alpha value is -3.16. The van der Waals surface area contributed by atoms with Crippen LogP contribution in [0.1, 0.15) is 16.1 Å². The molecule has 0 fully saturated rings. The Labute approximate surface area is 148 Å². The van der Waals surface area contributed by atoms with Gasteiger partial charge in [0.05, 0.1) is 12.6 Å². The van der Waals surface area contributed by atoms with Gasteiger partial charge in [-0.05, 0) is 30.2 Å². The number of aromatic amines is 1. The molecule has 0 aliphatic heterocycles. The number of nitrogens with one attached hydrogen (secondary N) is 2. The molecule has 136 valence electrons. The number of hydrogen-bond donors (Lipinski definition) is 2. The monoisotopic (exact) mass is 361 g/mol. The van der Waals surface area contributed by atoms with Gasteiger partial charge in [0.15, 0.2) is 17.2 Å². The Morgan fingerprint density at radius 2 is 2.04 bits per heavy atom. The van der Waals surface area contributed by atoms with Gasteiger partial charge in [0.1, 0.15) is 0 Å². The number of carbonyl (C=O) groups is 1. The van der Waals surface area contributed by atoms with Gasteiger partial charge in [0, 0.05) is 11.9 Å². The minimum absolute atomic E-state index is 0.0294. The zero-order valence-electron chi connectivity index (χ0n) is 14.0. The molecule has 3 aromatic rings. The highest BCUT2D eigenvalue weighted by Gasteiger charge is 2.14. The Morgan fingerprint density at radius 1 is 1.23 bits per heavy atom. The van der Waals surface area contributed by atoms with Crippen LogP contribution in [0.25, 0.3) is 10.9 Å². The van der Waals surface area contributed by atoms with Gasteiger partial charge in [-0.25, -0.2) is 0 Å². The number of methoxy groups -OCH3 is 1. The molecule has 0 radical (unpaired) electrons. The summed E-state index contributed by atoms with van der Waals surface area (Å²) >= 11 is 0. The lowest BCUT2D eigenvalue weighted by molar-refractivity contribution is -0.0512. The number of rotatable bonds is 7. The van der Waals surface area contributed by atoms with E-state index in [2.05, 4.69) is 20.3 Å². The van der Waals surface area contributed by atoms with Crippen LogP contribution in [0.3, 0.4) is 0 Å². The van der Waals surface area contributed by atoms with Crippen molar-refractivity contribution >= 4 is 16.8 Å². The Bertz CT molecular complexity index is 912. The van der Waals surface area contributed by atoms with E-state index < -0.39 is 6.61 Å². The van der Waals surface area contributed by atoms with Gasteiger partial charge in [0.2, 0.25) is 0 Å². The number of H-pyrrole nitrogens is 1. The minimum atomic E-state index is -2.92. The quantitative estimate of drug-likeness (QED) is 0.678. The lowest BCUT2D eigenvalue weighted by Crippen LogP contribution is -2.26. The van der Waals surface area contributed by atoms with E-state index >= 15 is 0 Å². The lowest BCUT2D eigenvalue weighted by Gasteiger charge is -2.11. The van der Waals surface area contributed by atoms with E-state index in [1.807, 2.05) is 24.3 Å². The lowest BCUT2D eigenvalue weighted by atomic mass is 10.1. The molecule has 26 heavy (non-hydrogen) atoms. The number of fused-ring (bicyclic) bond motifs is 1. The topological polar surface area (TPSA) is 76.2 Å². The van der Waals surface area contributed by atoms with Crippen LogP contribution in [0.5, 0.6) is 11.5 Å². The van der Waals surface area contributed by atoms with Crippen molar-refractivity contribution in [1.29, 1.82) is 0 Å². The molecular weight excluding hydrogens is 344 g/mol. The molecule has 1 amide bonds. The van der Waals surface area contributed by atoms with Crippen molar-refractivity contribution in [3.05, 3.63) is 53.7 Å². The fraction of sp³-hybridized carbons (Fsp3) is 0.222. The third kappa shape index (κ3) is 3.90. The molecule has 0 aliphatic rings. The van der Waals surface area contributed by atoms with E-state index in [4.69, 9.17) is 4.74 Å². The number of hydrogen-bond acceptors (Lipinski definition) is 4. The number of halogens is 2. The van der Waals surface area contributed by atoms with E-state index in [9.17, 15) is 13.6 Å². The molecule has 3 rings (SSSR count). The fourth-order valence-corrected chi connectivity index (χ4v) is 2.60. The summed E-state index contributed by atoms with van der Waals surface area (Å²) in [5.74, 6) is -0.0993. The molecule has 6 nitrogen and oxygen atoms in total. The molecule has 8 heteroatoms. The third-order valence-corrected chi connectivity index (χ3v) is 3.83. The number of amides is 1. The Kier molecular flexibility index (Phi) is 5.31. The van der Waals surface area contributed by atoms with Crippen molar-refractivity contribution < 1.29 is 23.0 Å². The van der Waals surface area contributed by atoms with E-state index in [1.54, 1.807) is 12.1 Å². The molecule has 0 saturated heterocycles. The van der Waals surface area contributed by atoms with E-state index in [1.165, 1.54) is 13.2 Å². The molecule has 0 bridgehead atoms. The van der Waals surface area contributed by atoms with E-state index in [-0.39, 0.29) is 17.4 Å². The van der Waals surface area contributed by atoms with Crippen molar-refractivity contribution in [2.24, 2.45) is 0 Å². The second-order valence-corrected chi connectivity index (χ2v) is 5.49. The highest BCUT2D eigenvalue weighted by molar-refractivity contribution is 6.04. The second kappa shape index (κ2) is 7.81. The highest BCUT2D eigenvalue weighted by atomic mass is 19.3. The standard InChI is InChI=1S/C18H17F2N3O3/c1-25-15-10-11(6-7-14(15)26-18(19)20)8-9-21-17(24)16-12-4-2-3-5-13(12)22-23-16/h2-7,10,18H,8-9H2,1H3,(H,21,24)(H,22,23). The SMILES string of the molecule is COc1cc(CCNC(=O)c2n[nH]c3ccccc23)ccc1OC(F)F. The van der Waals surface area contributed by atoms with Gasteiger partial charge < -0.3 is 14.8 Å².